The molecule has 84 valence electrons. The van der Waals surface area contributed by atoms with Crippen molar-refractivity contribution in [3.8, 4) is 0 Å². The molecule has 0 saturated carbocycles. The number of carbonyl (C=O) groups excluding carboxylic acids is 1. The molecule has 1 aromatic rings. The number of hydrogen-bond donors (Lipinski definition) is 0. The first-order valence-electron chi connectivity index (χ1n) is 5.41. The number of piperidine rings is 1. The Labute approximate surface area is 103 Å². The summed E-state index contributed by atoms with van der Waals surface area (Å²) >= 11 is 3.40. The Morgan fingerprint density at radius 3 is 2.69 bits per heavy atom. The normalized spacial score (nSPS) is 27.8. The lowest BCUT2D eigenvalue weighted by atomic mass is 9.97. The summed E-state index contributed by atoms with van der Waals surface area (Å²) in [5, 5.41) is 0. The number of morpholine rings is 1. The van der Waals surface area contributed by atoms with E-state index < -0.39 is 0 Å². The summed E-state index contributed by atoms with van der Waals surface area (Å²) in [7, 11) is 0. The average molecular weight is 282 g/mol. The van der Waals surface area contributed by atoms with E-state index in [1.807, 2.05) is 29.2 Å². The molecule has 3 nitrogen and oxygen atoms in total. The Morgan fingerprint density at radius 1 is 1.38 bits per heavy atom. The van der Waals surface area contributed by atoms with Gasteiger partial charge < -0.3 is 9.64 Å². The van der Waals surface area contributed by atoms with E-state index >= 15 is 0 Å². The van der Waals surface area contributed by atoms with Gasteiger partial charge in [-0.05, 0) is 17.7 Å². The van der Waals surface area contributed by atoms with Gasteiger partial charge in [0.1, 0.15) is 6.10 Å². The van der Waals surface area contributed by atoms with Gasteiger partial charge >= 0.3 is 0 Å². The summed E-state index contributed by atoms with van der Waals surface area (Å²) in [6.45, 7) is 1.44. The van der Waals surface area contributed by atoms with Crippen molar-refractivity contribution in [2.45, 2.75) is 25.2 Å². The molecule has 3 aliphatic rings. The van der Waals surface area contributed by atoms with Crippen LogP contribution < -0.4 is 0 Å². The molecule has 1 amide bonds. The number of nitrogens with zero attached hydrogens (tertiary/aromatic N) is 1. The van der Waals surface area contributed by atoms with E-state index in [-0.39, 0.29) is 18.1 Å². The second-order valence-corrected chi connectivity index (χ2v) is 5.24. The minimum absolute atomic E-state index is 0.144. The van der Waals surface area contributed by atoms with Gasteiger partial charge in [-0.1, -0.05) is 28.1 Å². The van der Waals surface area contributed by atoms with Crippen LogP contribution >= 0.6 is 15.9 Å². The number of ether oxygens (including phenoxy) is 1. The third-order valence-electron chi connectivity index (χ3n) is 3.13. The predicted molar refractivity (Wildman–Crippen MR) is 62.8 cm³/mol. The minimum Gasteiger partial charge on any atom is -0.363 e. The highest BCUT2D eigenvalue weighted by molar-refractivity contribution is 9.10. The summed E-state index contributed by atoms with van der Waals surface area (Å²) in [6.07, 6.45) is 1.03. The summed E-state index contributed by atoms with van der Waals surface area (Å²) < 4.78 is 6.44. The average Bonchev–Trinajstić information content (AvgIpc) is 2.22. The van der Waals surface area contributed by atoms with E-state index in [0.29, 0.717) is 6.54 Å². The van der Waals surface area contributed by atoms with Crippen molar-refractivity contribution in [1.29, 1.82) is 0 Å². The van der Waals surface area contributed by atoms with Crippen LogP contribution in [0.5, 0.6) is 0 Å². The zero-order valence-electron chi connectivity index (χ0n) is 8.73. The number of hydrogen-bond acceptors (Lipinski definition) is 2. The minimum atomic E-state index is -0.158. The van der Waals surface area contributed by atoms with Crippen molar-refractivity contribution in [3.63, 3.8) is 0 Å². The Bertz CT molecular complexity index is 412. The molecule has 4 heteroatoms. The SMILES string of the molecule is O=C1C2CC(CN1Cc1ccc(Br)cc1)O2. The van der Waals surface area contributed by atoms with Crippen LogP contribution in [-0.2, 0) is 16.1 Å². The monoisotopic (exact) mass is 281 g/mol. The van der Waals surface area contributed by atoms with Crippen LogP contribution in [-0.4, -0.2) is 29.6 Å². The molecule has 1 aromatic carbocycles. The maximum absolute atomic E-state index is 11.8. The van der Waals surface area contributed by atoms with Crippen LogP contribution in [0.15, 0.2) is 28.7 Å². The van der Waals surface area contributed by atoms with Crippen LogP contribution in [0.2, 0.25) is 0 Å². The van der Waals surface area contributed by atoms with E-state index in [1.165, 1.54) is 0 Å². The van der Waals surface area contributed by atoms with Gasteiger partial charge in [-0.15, -0.1) is 0 Å². The van der Waals surface area contributed by atoms with Crippen molar-refractivity contribution in [2.75, 3.05) is 6.54 Å². The lowest BCUT2D eigenvalue weighted by molar-refractivity contribution is -0.199. The summed E-state index contributed by atoms with van der Waals surface area (Å²) in [5.74, 6) is 0.144. The third-order valence-corrected chi connectivity index (χ3v) is 3.66. The van der Waals surface area contributed by atoms with Crippen LogP contribution in [0.1, 0.15) is 12.0 Å². The van der Waals surface area contributed by atoms with Gasteiger partial charge in [0.25, 0.3) is 5.91 Å². The smallest absolute Gasteiger partial charge is 0.252 e. The van der Waals surface area contributed by atoms with Crippen molar-refractivity contribution >= 4 is 21.8 Å². The molecule has 4 rings (SSSR count). The topological polar surface area (TPSA) is 29.5 Å². The Kier molecular flexibility index (Phi) is 2.48. The van der Waals surface area contributed by atoms with E-state index in [4.69, 9.17) is 4.74 Å². The molecular weight excluding hydrogens is 270 g/mol. The lowest BCUT2D eigenvalue weighted by Gasteiger charge is -2.46. The first kappa shape index (κ1) is 10.3. The largest absolute Gasteiger partial charge is 0.363 e. The maximum atomic E-state index is 11.8. The fourth-order valence-electron chi connectivity index (χ4n) is 2.23. The van der Waals surface area contributed by atoms with Crippen molar-refractivity contribution in [3.05, 3.63) is 34.3 Å². The molecule has 2 unspecified atom stereocenters. The second-order valence-electron chi connectivity index (χ2n) is 4.33. The van der Waals surface area contributed by atoms with E-state index in [2.05, 4.69) is 15.9 Å². The van der Waals surface area contributed by atoms with Crippen molar-refractivity contribution in [2.24, 2.45) is 0 Å². The van der Waals surface area contributed by atoms with Gasteiger partial charge in [-0.3, -0.25) is 4.79 Å². The van der Waals surface area contributed by atoms with E-state index in [9.17, 15) is 4.79 Å². The standard InChI is InChI=1S/C12H12BrNO2/c13-9-3-1-8(2-4-9)6-14-7-10-5-11(16-10)12(14)15/h1-4,10-11H,5-7H2. The zero-order chi connectivity index (χ0) is 11.1. The Morgan fingerprint density at radius 2 is 2.06 bits per heavy atom. The molecule has 3 heterocycles. The highest BCUT2D eigenvalue weighted by atomic mass is 79.9. The van der Waals surface area contributed by atoms with Crippen LogP contribution in [0, 0.1) is 0 Å². The van der Waals surface area contributed by atoms with Gasteiger partial charge in [-0.25, -0.2) is 0 Å². The summed E-state index contributed by atoms with van der Waals surface area (Å²) in [5.41, 5.74) is 1.16. The molecule has 0 N–H and O–H groups in total. The third kappa shape index (κ3) is 1.76. The number of fused-ring (bicyclic) bond motifs is 2. The van der Waals surface area contributed by atoms with Crippen molar-refractivity contribution < 1.29 is 9.53 Å². The second kappa shape index (κ2) is 3.86. The molecule has 3 fully saturated rings. The molecule has 3 saturated heterocycles. The van der Waals surface area contributed by atoms with E-state index in [0.717, 1.165) is 23.0 Å². The van der Waals surface area contributed by atoms with Crippen molar-refractivity contribution in [1.82, 2.24) is 4.90 Å². The predicted octanol–water partition coefficient (Wildman–Crippen LogP) is 1.95. The Balaban J connectivity index is 1.70. The molecular formula is C12H12BrNO2. The van der Waals surface area contributed by atoms with Crippen LogP contribution in [0.4, 0.5) is 0 Å². The molecule has 0 radical (unpaired) electrons. The van der Waals surface area contributed by atoms with Gasteiger partial charge in [0.15, 0.2) is 0 Å². The summed E-state index contributed by atoms with van der Waals surface area (Å²) in [6, 6.07) is 8.08. The molecule has 2 bridgehead atoms. The number of halogens is 1. The molecule has 0 spiro atoms. The highest BCUT2D eigenvalue weighted by Crippen LogP contribution is 2.30. The first-order chi connectivity index (χ1) is 7.72. The fourth-order valence-corrected chi connectivity index (χ4v) is 2.49. The summed E-state index contributed by atoms with van der Waals surface area (Å²) in [4.78, 5) is 13.7. The van der Waals surface area contributed by atoms with Gasteiger partial charge in [0, 0.05) is 24.0 Å². The highest BCUT2D eigenvalue weighted by Gasteiger charge is 2.44. The molecule has 3 aliphatic heterocycles. The Hall–Kier alpha value is -0.870. The number of benzene rings is 1. The molecule has 2 atom stereocenters. The molecule has 0 aliphatic carbocycles. The fraction of sp³-hybridized carbons (Fsp3) is 0.417. The first-order valence-corrected chi connectivity index (χ1v) is 6.20. The quantitative estimate of drug-likeness (QED) is 0.829. The number of rotatable bonds is 2. The number of amides is 1. The van der Waals surface area contributed by atoms with Crippen LogP contribution in [0.25, 0.3) is 0 Å². The van der Waals surface area contributed by atoms with Gasteiger partial charge in [0.2, 0.25) is 0 Å². The maximum Gasteiger partial charge on any atom is 0.252 e. The van der Waals surface area contributed by atoms with Crippen LogP contribution in [0.3, 0.4) is 0 Å². The lowest BCUT2D eigenvalue weighted by Crippen LogP contribution is -2.60. The molecule has 16 heavy (non-hydrogen) atoms. The van der Waals surface area contributed by atoms with Gasteiger partial charge in [0.05, 0.1) is 6.10 Å². The molecule has 0 aromatic heterocycles. The van der Waals surface area contributed by atoms with Gasteiger partial charge in [-0.2, -0.15) is 0 Å². The zero-order valence-corrected chi connectivity index (χ0v) is 10.3. The number of carbonyl (C=O) groups is 1. The van der Waals surface area contributed by atoms with E-state index in [1.54, 1.807) is 0 Å².